The summed E-state index contributed by atoms with van der Waals surface area (Å²) >= 11 is 12.2. The molecular weight excluding hydrogens is 269 g/mol. The molecule has 0 radical (unpaired) electrons. The summed E-state index contributed by atoms with van der Waals surface area (Å²) in [5, 5.41) is 0.430. The summed E-state index contributed by atoms with van der Waals surface area (Å²) in [7, 11) is 0. The van der Waals surface area contributed by atoms with Gasteiger partial charge < -0.3 is 4.57 Å². The van der Waals surface area contributed by atoms with Gasteiger partial charge in [0, 0.05) is 11.7 Å². The van der Waals surface area contributed by atoms with Crippen molar-refractivity contribution >= 4 is 34.4 Å². The number of halogens is 2. The van der Waals surface area contributed by atoms with Crippen molar-refractivity contribution in [3.05, 3.63) is 23.1 Å². The molecule has 0 aliphatic carbocycles. The van der Waals surface area contributed by atoms with E-state index < -0.39 is 0 Å². The van der Waals surface area contributed by atoms with Crippen molar-refractivity contribution in [1.82, 2.24) is 14.5 Å². The minimum Gasteiger partial charge on any atom is -0.306 e. The number of alkyl halides is 1. The number of hydrogen-bond donors (Lipinski definition) is 0. The van der Waals surface area contributed by atoms with Crippen LogP contribution in [-0.2, 0) is 5.54 Å². The van der Waals surface area contributed by atoms with Crippen LogP contribution in [0.5, 0.6) is 0 Å². The summed E-state index contributed by atoms with van der Waals surface area (Å²) in [6, 6.07) is 1.83. The molecule has 3 nitrogen and oxygen atoms in total. The zero-order chi connectivity index (χ0) is 13.5. The second-order valence-corrected chi connectivity index (χ2v) is 6.17. The van der Waals surface area contributed by atoms with Gasteiger partial charge in [0.1, 0.15) is 11.3 Å². The van der Waals surface area contributed by atoms with Gasteiger partial charge in [0.05, 0.1) is 10.4 Å². The van der Waals surface area contributed by atoms with Gasteiger partial charge in [-0.3, -0.25) is 0 Å². The molecule has 2 heterocycles. The van der Waals surface area contributed by atoms with Gasteiger partial charge in [-0.05, 0) is 33.3 Å². The maximum absolute atomic E-state index is 6.24. The van der Waals surface area contributed by atoms with Gasteiger partial charge in [-0.2, -0.15) is 0 Å². The van der Waals surface area contributed by atoms with Crippen LogP contribution in [0.15, 0.2) is 12.3 Å². The number of hydrogen-bond acceptors (Lipinski definition) is 2. The molecule has 2 aromatic heterocycles. The standard InChI is InChI=1S/C13H17Cl2N3/c1-5-13(3,4)18-11(8(2)14)17-10-6-9(15)7-16-12(10)18/h6-8H,5H2,1-4H3. The first-order valence-electron chi connectivity index (χ1n) is 6.05. The highest BCUT2D eigenvalue weighted by molar-refractivity contribution is 6.31. The second-order valence-electron chi connectivity index (χ2n) is 5.08. The van der Waals surface area contributed by atoms with Crippen molar-refractivity contribution in [2.45, 2.75) is 45.0 Å². The van der Waals surface area contributed by atoms with E-state index in [2.05, 4.69) is 35.3 Å². The van der Waals surface area contributed by atoms with Crippen molar-refractivity contribution in [3.8, 4) is 0 Å². The average molecular weight is 286 g/mol. The van der Waals surface area contributed by atoms with E-state index in [1.807, 2.05) is 13.0 Å². The van der Waals surface area contributed by atoms with E-state index in [0.717, 1.165) is 23.4 Å². The summed E-state index contributed by atoms with van der Waals surface area (Å²) in [5.74, 6) is 0.841. The van der Waals surface area contributed by atoms with Crippen molar-refractivity contribution < 1.29 is 0 Å². The molecule has 0 bridgehead atoms. The molecule has 0 aliphatic heterocycles. The fourth-order valence-electron chi connectivity index (χ4n) is 1.98. The Kier molecular flexibility index (Phi) is 3.56. The summed E-state index contributed by atoms with van der Waals surface area (Å²) in [5.41, 5.74) is 1.56. The van der Waals surface area contributed by atoms with Gasteiger partial charge >= 0.3 is 0 Å². The van der Waals surface area contributed by atoms with Crippen molar-refractivity contribution in [1.29, 1.82) is 0 Å². The lowest BCUT2D eigenvalue weighted by Crippen LogP contribution is -2.27. The molecule has 0 aliphatic rings. The minimum atomic E-state index is -0.163. The summed E-state index contributed by atoms with van der Waals surface area (Å²) in [4.78, 5) is 8.98. The van der Waals surface area contributed by atoms with E-state index >= 15 is 0 Å². The van der Waals surface area contributed by atoms with Gasteiger partial charge in [0.2, 0.25) is 0 Å². The lowest BCUT2D eigenvalue weighted by Gasteiger charge is -2.28. The summed E-state index contributed by atoms with van der Waals surface area (Å²) in [6.45, 7) is 8.39. The molecule has 0 saturated heterocycles. The number of pyridine rings is 1. The number of rotatable bonds is 3. The molecule has 2 rings (SSSR count). The molecule has 5 heteroatoms. The molecule has 0 N–H and O–H groups in total. The van der Waals surface area contributed by atoms with Gasteiger partial charge in [-0.25, -0.2) is 9.97 Å². The van der Waals surface area contributed by atoms with Crippen LogP contribution in [-0.4, -0.2) is 14.5 Å². The fourth-order valence-corrected chi connectivity index (χ4v) is 2.28. The van der Waals surface area contributed by atoms with Crippen molar-refractivity contribution in [2.75, 3.05) is 0 Å². The quantitative estimate of drug-likeness (QED) is 0.776. The number of aromatic nitrogens is 3. The van der Waals surface area contributed by atoms with E-state index in [9.17, 15) is 0 Å². The summed E-state index contributed by atoms with van der Waals surface area (Å²) in [6.07, 6.45) is 2.62. The molecule has 18 heavy (non-hydrogen) atoms. The van der Waals surface area contributed by atoms with E-state index in [4.69, 9.17) is 23.2 Å². The third kappa shape index (κ3) is 2.21. The average Bonchev–Trinajstić information content (AvgIpc) is 2.68. The first-order chi connectivity index (χ1) is 8.36. The monoisotopic (exact) mass is 285 g/mol. The van der Waals surface area contributed by atoms with E-state index in [1.54, 1.807) is 6.20 Å². The van der Waals surface area contributed by atoms with E-state index in [-0.39, 0.29) is 10.9 Å². The van der Waals surface area contributed by atoms with Crippen LogP contribution in [0, 0.1) is 0 Å². The van der Waals surface area contributed by atoms with Crippen LogP contribution in [0.2, 0.25) is 5.02 Å². The van der Waals surface area contributed by atoms with Crippen LogP contribution in [0.1, 0.15) is 45.3 Å². The maximum Gasteiger partial charge on any atom is 0.160 e. The molecule has 98 valence electrons. The van der Waals surface area contributed by atoms with Crippen LogP contribution in [0.3, 0.4) is 0 Å². The third-order valence-corrected chi connectivity index (χ3v) is 3.72. The molecule has 0 saturated carbocycles. The molecular formula is C13H17Cl2N3. The van der Waals surface area contributed by atoms with Gasteiger partial charge in [0.15, 0.2) is 5.65 Å². The van der Waals surface area contributed by atoms with Crippen molar-refractivity contribution in [3.63, 3.8) is 0 Å². The van der Waals surface area contributed by atoms with Gasteiger partial charge in [-0.1, -0.05) is 18.5 Å². The highest BCUT2D eigenvalue weighted by Gasteiger charge is 2.27. The van der Waals surface area contributed by atoms with E-state index in [0.29, 0.717) is 5.02 Å². The Morgan fingerprint density at radius 3 is 2.67 bits per heavy atom. The largest absolute Gasteiger partial charge is 0.306 e. The highest BCUT2D eigenvalue weighted by atomic mass is 35.5. The zero-order valence-electron chi connectivity index (χ0n) is 11.0. The predicted octanol–water partition coefficient (Wildman–Crippen LogP) is 4.53. The molecule has 0 amide bonds. The lowest BCUT2D eigenvalue weighted by atomic mass is 10.0. The molecule has 0 fully saturated rings. The van der Waals surface area contributed by atoms with Crippen LogP contribution >= 0.6 is 23.2 Å². The molecule has 1 unspecified atom stereocenters. The Bertz CT molecular complexity index is 573. The Labute approximate surface area is 117 Å². The first-order valence-corrected chi connectivity index (χ1v) is 6.86. The maximum atomic E-state index is 6.24. The number of nitrogens with zero attached hydrogens (tertiary/aromatic N) is 3. The Balaban J connectivity index is 2.79. The third-order valence-electron chi connectivity index (χ3n) is 3.32. The van der Waals surface area contributed by atoms with E-state index in [1.165, 1.54) is 0 Å². The second kappa shape index (κ2) is 4.71. The van der Waals surface area contributed by atoms with Crippen LogP contribution in [0.4, 0.5) is 0 Å². The topological polar surface area (TPSA) is 30.7 Å². The Morgan fingerprint density at radius 1 is 1.44 bits per heavy atom. The summed E-state index contributed by atoms with van der Waals surface area (Å²) < 4.78 is 2.12. The smallest absolute Gasteiger partial charge is 0.160 e. The zero-order valence-corrected chi connectivity index (χ0v) is 12.5. The van der Waals surface area contributed by atoms with Gasteiger partial charge in [-0.15, -0.1) is 11.6 Å². The van der Waals surface area contributed by atoms with Gasteiger partial charge in [0.25, 0.3) is 0 Å². The molecule has 2 aromatic rings. The lowest BCUT2D eigenvalue weighted by molar-refractivity contribution is 0.339. The van der Waals surface area contributed by atoms with Crippen LogP contribution < -0.4 is 0 Å². The van der Waals surface area contributed by atoms with Crippen LogP contribution in [0.25, 0.3) is 11.2 Å². The minimum absolute atomic E-state index is 0.0753. The first kappa shape index (κ1) is 13.6. The van der Waals surface area contributed by atoms with Crippen molar-refractivity contribution in [2.24, 2.45) is 0 Å². The molecule has 0 aromatic carbocycles. The Morgan fingerprint density at radius 2 is 2.11 bits per heavy atom. The Hall–Kier alpha value is -0.800. The molecule has 1 atom stereocenters. The highest BCUT2D eigenvalue weighted by Crippen LogP contribution is 2.32. The number of imidazole rings is 1. The number of fused-ring (bicyclic) bond motifs is 1. The molecule has 0 spiro atoms. The normalized spacial score (nSPS) is 14.1. The SMILES string of the molecule is CCC(C)(C)n1c(C(C)Cl)nc2cc(Cl)cnc21. The fraction of sp³-hybridized carbons (Fsp3) is 0.538. The predicted molar refractivity (Wildman–Crippen MR) is 76.4 cm³/mol.